The van der Waals surface area contributed by atoms with Gasteiger partial charge in [0.2, 0.25) is 0 Å². The van der Waals surface area contributed by atoms with E-state index in [1.807, 2.05) is 0 Å². The van der Waals surface area contributed by atoms with Crippen molar-refractivity contribution in [2.45, 2.75) is 18.9 Å². The van der Waals surface area contributed by atoms with Crippen LogP contribution in [-0.4, -0.2) is 29.4 Å². The second kappa shape index (κ2) is 7.99. The molecule has 146 valence electrons. The number of nitrogens with zero attached hydrogens (tertiary/aromatic N) is 1. The monoisotopic (exact) mass is 391 g/mol. The van der Waals surface area contributed by atoms with Gasteiger partial charge in [0.15, 0.2) is 6.61 Å². The van der Waals surface area contributed by atoms with Crippen LogP contribution in [0.4, 0.5) is 25.8 Å². The highest BCUT2D eigenvalue weighted by Gasteiger charge is 2.26. The molecule has 8 nitrogen and oxygen atoms in total. The third-order valence-corrected chi connectivity index (χ3v) is 3.90. The topological polar surface area (TPSA) is 111 Å². The van der Waals surface area contributed by atoms with Crippen LogP contribution in [0.1, 0.15) is 23.2 Å². The molecule has 0 saturated heterocycles. The number of nitro groups is 1. The van der Waals surface area contributed by atoms with Gasteiger partial charge in [-0.3, -0.25) is 14.9 Å². The first-order valence-electron chi connectivity index (χ1n) is 8.30. The largest absolute Gasteiger partial charge is 0.452 e. The molecule has 0 spiro atoms. The Morgan fingerprint density at radius 3 is 2.57 bits per heavy atom. The van der Waals surface area contributed by atoms with E-state index >= 15 is 0 Å². The van der Waals surface area contributed by atoms with Crippen LogP contribution in [0, 0.1) is 21.7 Å². The van der Waals surface area contributed by atoms with E-state index in [1.165, 1.54) is 12.1 Å². The highest BCUT2D eigenvalue weighted by atomic mass is 19.1. The maximum absolute atomic E-state index is 13.5. The van der Waals surface area contributed by atoms with E-state index in [9.17, 15) is 28.5 Å². The lowest BCUT2D eigenvalue weighted by Crippen LogP contribution is -2.21. The first kappa shape index (κ1) is 19.2. The average molecular weight is 391 g/mol. The van der Waals surface area contributed by atoms with Crippen molar-refractivity contribution < 1.29 is 28.0 Å². The molecule has 0 unspecified atom stereocenters. The van der Waals surface area contributed by atoms with Crippen LogP contribution in [0.25, 0.3) is 0 Å². The van der Waals surface area contributed by atoms with Crippen molar-refractivity contribution in [3.63, 3.8) is 0 Å². The predicted molar refractivity (Wildman–Crippen MR) is 95.0 cm³/mol. The minimum Gasteiger partial charge on any atom is -0.452 e. The summed E-state index contributed by atoms with van der Waals surface area (Å²) in [4.78, 5) is 34.4. The van der Waals surface area contributed by atoms with Crippen molar-refractivity contribution in [1.29, 1.82) is 0 Å². The Balaban J connectivity index is 1.62. The van der Waals surface area contributed by atoms with Crippen LogP contribution in [0.15, 0.2) is 36.4 Å². The highest BCUT2D eigenvalue weighted by molar-refractivity contribution is 5.96. The van der Waals surface area contributed by atoms with Gasteiger partial charge < -0.3 is 15.4 Å². The zero-order chi connectivity index (χ0) is 20.3. The first-order chi connectivity index (χ1) is 13.3. The Morgan fingerprint density at radius 1 is 1.14 bits per heavy atom. The van der Waals surface area contributed by atoms with Crippen molar-refractivity contribution in [2.24, 2.45) is 0 Å². The lowest BCUT2D eigenvalue weighted by molar-refractivity contribution is -0.384. The third kappa shape index (κ3) is 4.78. The highest BCUT2D eigenvalue weighted by Crippen LogP contribution is 2.31. The Morgan fingerprint density at radius 2 is 1.89 bits per heavy atom. The number of hydrogen-bond acceptors (Lipinski definition) is 6. The van der Waals surface area contributed by atoms with Crippen LogP contribution in [0.2, 0.25) is 0 Å². The molecule has 0 atom stereocenters. The summed E-state index contributed by atoms with van der Waals surface area (Å²) in [5.74, 6) is -3.45. The van der Waals surface area contributed by atoms with Gasteiger partial charge in [0, 0.05) is 18.2 Å². The van der Waals surface area contributed by atoms with Crippen molar-refractivity contribution >= 4 is 28.9 Å². The summed E-state index contributed by atoms with van der Waals surface area (Å²) in [5.41, 5.74) is -0.499. The summed E-state index contributed by atoms with van der Waals surface area (Å²) in [6, 6.07) is 6.48. The fourth-order valence-corrected chi connectivity index (χ4v) is 2.37. The number of benzene rings is 2. The summed E-state index contributed by atoms with van der Waals surface area (Å²) in [6.45, 7) is -0.773. The molecule has 2 aromatic rings. The second-order valence-corrected chi connectivity index (χ2v) is 6.16. The van der Waals surface area contributed by atoms with E-state index in [4.69, 9.17) is 4.74 Å². The third-order valence-electron chi connectivity index (χ3n) is 3.90. The summed E-state index contributed by atoms with van der Waals surface area (Å²) in [6.07, 6.45) is 1.84. The fraction of sp³-hybridized carbons (Fsp3) is 0.222. The van der Waals surface area contributed by atoms with Gasteiger partial charge in [-0.1, -0.05) is 0 Å². The van der Waals surface area contributed by atoms with Crippen LogP contribution in [0.3, 0.4) is 0 Å². The summed E-state index contributed by atoms with van der Waals surface area (Å²) < 4.78 is 31.4. The average Bonchev–Trinajstić information content (AvgIpc) is 3.47. The molecule has 0 heterocycles. The molecular formula is C18H15F2N3O5. The molecule has 3 rings (SSSR count). The maximum Gasteiger partial charge on any atom is 0.338 e. The molecule has 0 aromatic heterocycles. The predicted octanol–water partition coefficient (Wildman–Crippen LogP) is 3.24. The van der Waals surface area contributed by atoms with E-state index in [2.05, 4.69) is 10.6 Å². The number of rotatable bonds is 7. The van der Waals surface area contributed by atoms with Gasteiger partial charge in [0.05, 0.1) is 16.2 Å². The number of nitro benzene ring substituents is 1. The quantitative estimate of drug-likeness (QED) is 0.426. The number of esters is 1. The number of hydrogen-bond donors (Lipinski definition) is 2. The van der Waals surface area contributed by atoms with Gasteiger partial charge in [0.1, 0.15) is 17.3 Å². The van der Waals surface area contributed by atoms with Crippen molar-refractivity contribution in [3.05, 3.63) is 63.7 Å². The molecule has 2 aromatic carbocycles. The van der Waals surface area contributed by atoms with Crippen LogP contribution >= 0.6 is 0 Å². The number of anilines is 2. The Hall–Kier alpha value is -3.56. The Bertz CT molecular complexity index is 947. The minimum atomic E-state index is -0.962. The molecular weight excluding hydrogens is 376 g/mol. The lowest BCUT2D eigenvalue weighted by Gasteiger charge is -2.09. The van der Waals surface area contributed by atoms with Crippen LogP contribution in [0.5, 0.6) is 0 Å². The van der Waals surface area contributed by atoms with Gasteiger partial charge in [-0.2, -0.15) is 0 Å². The van der Waals surface area contributed by atoms with Gasteiger partial charge in [-0.25, -0.2) is 13.6 Å². The molecule has 1 fully saturated rings. The normalized spacial score (nSPS) is 12.9. The van der Waals surface area contributed by atoms with Gasteiger partial charge in [0.25, 0.3) is 11.6 Å². The van der Waals surface area contributed by atoms with Crippen LogP contribution in [-0.2, 0) is 9.53 Å². The van der Waals surface area contributed by atoms with Crippen molar-refractivity contribution in [1.82, 2.24) is 0 Å². The smallest absolute Gasteiger partial charge is 0.338 e. The molecule has 1 saturated carbocycles. The second-order valence-electron chi connectivity index (χ2n) is 6.16. The minimum absolute atomic E-state index is 0.113. The Kier molecular flexibility index (Phi) is 5.48. The van der Waals surface area contributed by atoms with Crippen LogP contribution < -0.4 is 10.6 Å². The number of carbonyl (C=O) groups is 2. The molecule has 0 bridgehead atoms. The number of amides is 1. The van der Waals surface area contributed by atoms with Crippen molar-refractivity contribution in [2.75, 3.05) is 17.2 Å². The van der Waals surface area contributed by atoms with Gasteiger partial charge >= 0.3 is 5.97 Å². The zero-order valence-corrected chi connectivity index (χ0v) is 14.4. The molecule has 1 aliphatic carbocycles. The molecule has 10 heteroatoms. The maximum atomic E-state index is 13.5. The SMILES string of the molecule is O=C(COC(=O)c1ccc(NC2CC2)c([N+](=O)[O-])c1)Nc1cc(F)ccc1F. The van der Waals surface area contributed by atoms with E-state index in [-0.39, 0.29) is 17.3 Å². The summed E-state index contributed by atoms with van der Waals surface area (Å²) in [7, 11) is 0. The van der Waals surface area contributed by atoms with E-state index in [0.717, 1.165) is 37.1 Å². The number of carbonyl (C=O) groups excluding carboxylic acids is 2. The molecule has 1 amide bonds. The zero-order valence-electron chi connectivity index (χ0n) is 14.4. The molecule has 0 aliphatic heterocycles. The molecule has 28 heavy (non-hydrogen) atoms. The summed E-state index contributed by atoms with van der Waals surface area (Å²) >= 11 is 0. The molecule has 2 N–H and O–H groups in total. The number of ether oxygens (including phenoxy) is 1. The summed E-state index contributed by atoms with van der Waals surface area (Å²) in [5, 5.41) is 16.3. The molecule has 1 aliphatic rings. The standard InChI is InChI=1S/C18H15F2N3O5/c19-11-2-5-13(20)15(8-11)22-17(24)9-28-18(25)10-1-6-14(21-12-3-4-12)16(7-10)23(26)27/h1-2,5-8,12,21H,3-4,9H2,(H,22,24). The first-order valence-corrected chi connectivity index (χ1v) is 8.30. The van der Waals surface area contributed by atoms with E-state index in [1.54, 1.807) is 0 Å². The molecule has 0 radical (unpaired) electrons. The van der Waals surface area contributed by atoms with Gasteiger partial charge in [-0.15, -0.1) is 0 Å². The number of nitrogens with one attached hydrogen (secondary N) is 2. The fourth-order valence-electron chi connectivity index (χ4n) is 2.37. The lowest BCUT2D eigenvalue weighted by atomic mass is 10.1. The number of halogens is 2. The van der Waals surface area contributed by atoms with Gasteiger partial charge in [-0.05, 0) is 37.1 Å². The van der Waals surface area contributed by atoms with E-state index < -0.39 is 40.7 Å². The Labute approximate surface area is 157 Å². The van der Waals surface area contributed by atoms with E-state index in [0.29, 0.717) is 5.69 Å². The van der Waals surface area contributed by atoms with Crippen molar-refractivity contribution in [3.8, 4) is 0 Å².